The van der Waals surface area contributed by atoms with Crippen LogP contribution in [0.3, 0.4) is 0 Å². The lowest BCUT2D eigenvalue weighted by Crippen LogP contribution is -2.39. The standard InChI is InChI=1S/C10H19ClO4/c1-9(2,10(11,14)15)7-5-3-4-6-8(12)13/h14-15H,3-7H2,1-2H3,(H,12,13). The number of alkyl halides is 1. The second-order valence-corrected chi connectivity index (χ2v) is 4.95. The number of hydrogen-bond donors (Lipinski definition) is 3. The minimum atomic E-state index is -2.21. The van der Waals surface area contributed by atoms with Gasteiger partial charge in [-0.3, -0.25) is 4.79 Å². The van der Waals surface area contributed by atoms with Crippen molar-refractivity contribution >= 4 is 17.6 Å². The number of carboxylic acid groups (broad SMARTS) is 1. The van der Waals surface area contributed by atoms with E-state index in [9.17, 15) is 15.0 Å². The molecule has 0 saturated heterocycles. The minimum Gasteiger partial charge on any atom is -0.481 e. The molecule has 0 aliphatic carbocycles. The quantitative estimate of drug-likeness (QED) is 0.360. The Morgan fingerprint density at radius 2 is 1.73 bits per heavy atom. The van der Waals surface area contributed by atoms with E-state index in [1.165, 1.54) is 0 Å². The number of rotatable bonds is 7. The van der Waals surface area contributed by atoms with Crippen molar-refractivity contribution in [1.29, 1.82) is 0 Å². The second kappa shape index (κ2) is 5.68. The van der Waals surface area contributed by atoms with Gasteiger partial charge in [0.15, 0.2) is 0 Å². The average molecular weight is 239 g/mol. The molecular formula is C10H19ClO4. The number of unbranched alkanes of at least 4 members (excludes halogenated alkanes) is 2. The molecule has 0 aromatic carbocycles. The van der Waals surface area contributed by atoms with E-state index >= 15 is 0 Å². The Balaban J connectivity index is 3.72. The third kappa shape index (κ3) is 5.97. The van der Waals surface area contributed by atoms with Crippen LogP contribution in [0.5, 0.6) is 0 Å². The van der Waals surface area contributed by atoms with E-state index in [1.807, 2.05) is 0 Å². The lowest BCUT2D eigenvalue weighted by Gasteiger charge is -2.33. The molecule has 5 heteroatoms. The number of halogens is 1. The van der Waals surface area contributed by atoms with Crippen molar-refractivity contribution in [3.05, 3.63) is 0 Å². The maximum atomic E-state index is 10.2. The zero-order chi connectivity index (χ0) is 12.1. The number of carboxylic acids is 1. The summed E-state index contributed by atoms with van der Waals surface area (Å²) in [5.41, 5.74) is -0.794. The van der Waals surface area contributed by atoms with E-state index in [-0.39, 0.29) is 6.42 Å². The molecule has 0 aliphatic rings. The summed E-state index contributed by atoms with van der Waals surface area (Å²) in [5, 5.41) is 24.6. The van der Waals surface area contributed by atoms with Crippen molar-refractivity contribution in [2.45, 2.75) is 51.2 Å². The van der Waals surface area contributed by atoms with Gasteiger partial charge in [-0.15, -0.1) is 0 Å². The molecule has 0 heterocycles. The van der Waals surface area contributed by atoms with Crippen molar-refractivity contribution in [3.63, 3.8) is 0 Å². The second-order valence-electron chi connectivity index (χ2n) is 4.43. The molecule has 0 rings (SSSR count). The number of aliphatic carboxylic acids is 1. The molecule has 90 valence electrons. The van der Waals surface area contributed by atoms with Gasteiger partial charge in [-0.25, -0.2) is 0 Å². The van der Waals surface area contributed by atoms with Crippen LogP contribution >= 0.6 is 11.6 Å². The van der Waals surface area contributed by atoms with Crippen LogP contribution in [0, 0.1) is 5.41 Å². The van der Waals surface area contributed by atoms with E-state index in [0.29, 0.717) is 12.8 Å². The number of carbonyl (C=O) groups is 1. The van der Waals surface area contributed by atoms with Crippen molar-refractivity contribution in [2.75, 3.05) is 0 Å². The van der Waals surface area contributed by atoms with Crippen LogP contribution in [0.2, 0.25) is 0 Å². The van der Waals surface area contributed by atoms with E-state index in [2.05, 4.69) is 0 Å². The first-order valence-electron chi connectivity index (χ1n) is 5.02. The Labute approximate surface area is 94.9 Å². The van der Waals surface area contributed by atoms with Gasteiger partial charge in [0, 0.05) is 11.8 Å². The van der Waals surface area contributed by atoms with Crippen LogP contribution in [0.4, 0.5) is 0 Å². The summed E-state index contributed by atoms with van der Waals surface area (Å²) in [6.07, 6.45) is 2.80. The summed E-state index contributed by atoms with van der Waals surface area (Å²) in [5.74, 6) is -0.801. The zero-order valence-corrected chi connectivity index (χ0v) is 9.92. The third-order valence-corrected chi connectivity index (χ3v) is 3.07. The third-order valence-electron chi connectivity index (χ3n) is 2.55. The first-order chi connectivity index (χ1) is 6.67. The smallest absolute Gasteiger partial charge is 0.303 e. The predicted octanol–water partition coefficient (Wildman–Crippen LogP) is 1.92. The molecule has 0 radical (unpaired) electrons. The van der Waals surface area contributed by atoms with Crippen LogP contribution in [-0.4, -0.2) is 26.5 Å². The van der Waals surface area contributed by atoms with Crippen molar-refractivity contribution in [3.8, 4) is 0 Å². The van der Waals surface area contributed by atoms with E-state index in [4.69, 9.17) is 16.7 Å². The van der Waals surface area contributed by atoms with Gasteiger partial charge in [-0.05, 0) is 12.8 Å². The average Bonchev–Trinajstić information content (AvgIpc) is 2.00. The topological polar surface area (TPSA) is 77.8 Å². The highest BCUT2D eigenvalue weighted by molar-refractivity contribution is 6.21. The number of hydrogen-bond acceptors (Lipinski definition) is 3. The fraction of sp³-hybridized carbons (Fsp3) is 0.900. The fourth-order valence-corrected chi connectivity index (χ4v) is 1.27. The summed E-state index contributed by atoms with van der Waals surface area (Å²) in [6.45, 7) is 3.33. The summed E-state index contributed by atoms with van der Waals surface area (Å²) in [6, 6.07) is 0. The molecule has 3 N–H and O–H groups in total. The van der Waals surface area contributed by atoms with Crippen LogP contribution < -0.4 is 0 Å². The van der Waals surface area contributed by atoms with Crippen molar-refractivity contribution in [1.82, 2.24) is 0 Å². The summed E-state index contributed by atoms with van der Waals surface area (Å²) >= 11 is 5.41. The Kier molecular flexibility index (Phi) is 5.56. The molecule has 0 atom stereocenters. The SMILES string of the molecule is CC(C)(CCCCCC(=O)O)C(O)(O)Cl. The van der Waals surface area contributed by atoms with Crippen molar-refractivity contribution < 1.29 is 20.1 Å². The Bertz CT molecular complexity index is 208. The van der Waals surface area contributed by atoms with Gasteiger partial charge < -0.3 is 15.3 Å². The zero-order valence-electron chi connectivity index (χ0n) is 9.16. The molecule has 0 aliphatic heterocycles. The van der Waals surface area contributed by atoms with Gasteiger partial charge in [-0.1, -0.05) is 38.3 Å². The molecule has 0 amide bonds. The van der Waals surface area contributed by atoms with E-state index in [1.54, 1.807) is 13.8 Å². The molecule has 4 nitrogen and oxygen atoms in total. The molecule has 0 saturated carbocycles. The maximum Gasteiger partial charge on any atom is 0.303 e. The van der Waals surface area contributed by atoms with Gasteiger partial charge in [0.1, 0.15) is 0 Å². The summed E-state index contributed by atoms with van der Waals surface area (Å²) in [7, 11) is 0. The van der Waals surface area contributed by atoms with Gasteiger partial charge >= 0.3 is 5.97 Å². The van der Waals surface area contributed by atoms with E-state index in [0.717, 1.165) is 12.8 Å². The Morgan fingerprint density at radius 3 is 2.13 bits per heavy atom. The Hall–Kier alpha value is -0.320. The molecule has 0 bridgehead atoms. The Morgan fingerprint density at radius 1 is 1.20 bits per heavy atom. The highest BCUT2D eigenvalue weighted by atomic mass is 35.5. The monoisotopic (exact) mass is 238 g/mol. The summed E-state index contributed by atoms with van der Waals surface area (Å²) in [4.78, 5) is 10.2. The molecule has 15 heavy (non-hydrogen) atoms. The highest BCUT2D eigenvalue weighted by Crippen LogP contribution is 2.37. The van der Waals surface area contributed by atoms with E-state index < -0.39 is 16.6 Å². The van der Waals surface area contributed by atoms with Gasteiger partial charge in [0.2, 0.25) is 5.25 Å². The normalized spacial score (nSPS) is 12.9. The maximum absolute atomic E-state index is 10.2. The van der Waals surface area contributed by atoms with Gasteiger partial charge in [0.05, 0.1) is 0 Å². The van der Waals surface area contributed by atoms with Crippen LogP contribution in [0.15, 0.2) is 0 Å². The molecule has 0 spiro atoms. The van der Waals surface area contributed by atoms with Gasteiger partial charge in [-0.2, -0.15) is 0 Å². The largest absolute Gasteiger partial charge is 0.481 e. The molecule has 0 unspecified atom stereocenters. The first-order valence-corrected chi connectivity index (χ1v) is 5.40. The van der Waals surface area contributed by atoms with Crippen LogP contribution in [0.25, 0.3) is 0 Å². The predicted molar refractivity (Wildman–Crippen MR) is 57.5 cm³/mol. The molecule has 0 fully saturated rings. The summed E-state index contributed by atoms with van der Waals surface area (Å²) < 4.78 is 0. The fourth-order valence-electron chi connectivity index (χ4n) is 1.18. The lowest BCUT2D eigenvalue weighted by molar-refractivity contribution is -0.166. The minimum absolute atomic E-state index is 0.157. The lowest BCUT2D eigenvalue weighted by atomic mass is 9.86. The first kappa shape index (κ1) is 14.7. The van der Waals surface area contributed by atoms with Crippen LogP contribution in [-0.2, 0) is 4.79 Å². The number of aliphatic hydroxyl groups is 2. The molecule has 0 aromatic heterocycles. The van der Waals surface area contributed by atoms with Crippen LogP contribution in [0.1, 0.15) is 46.0 Å². The highest BCUT2D eigenvalue weighted by Gasteiger charge is 2.39. The molecule has 0 aromatic rings. The van der Waals surface area contributed by atoms with Crippen molar-refractivity contribution in [2.24, 2.45) is 5.41 Å². The molecular weight excluding hydrogens is 220 g/mol. The van der Waals surface area contributed by atoms with Gasteiger partial charge in [0.25, 0.3) is 0 Å².